The van der Waals surface area contributed by atoms with Crippen molar-refractivity contribution in [1.82, 2.24) is 0 Å². The van der Waals surface area contributed by atoms with E-state index in [4.69, 9.17) is 9.79 Å². The van der Waals surface area contributed by atoms with E-state index in [1.807, 2.05) is 0 Å². The highest BCUT2D eigenvalue weighted by Gasteiger charge is 2.06. The summed E-state index contributed by atoms with van der Waals surface area (Å²) in [5.41, 5.74) is 0. The third kappa shape index (κ3) is 4.33. The molecule has 0 rings (SSSR count). The molecule has 0 spiro atoms. The Morgan fingerprint density at radius 1 is 1.67 bits per heavy atom. The van der Waals surface area contributed by atoms with Crippen LogP contribution >= 0.6 is 7.82 Å². The first-order chi connectivity index (χ1) is 2.56. The predicted octanol–water partition coefficient (Wildman–Crippen LogP) is -1.62. The van der Waals surface area contributed by atoms with Gasteiger partial charge in [0.1, 0.15) is 0 Å². The smallest absolute Gasteiger partial charge is 0.342 e. The Morgan fingerprint density at radius 3 is 1.83 bits per heavy atom. The number of hydrogen-bond acceptors (Lipinski definition) is 2. The Bertz CT molecular complexity index is 71.6. The van der Waals surface area contributed by atoms with Crippen LogP contribution in [-0.2, 0) is 8.78 Å². The van der Waals surface area contributed by atoms with Gasteiger partial charge in [0, 0.05) is 0 Å². The fraction of sp³-hybridized carbons (Fsp3) is 0. The lowest BCUT2D eigenvalue weighted by Gasteiger charge is -1.94. The lowest BCUT2D eigenvalue weighted by Crippen LogP contribution is -1.78. The van der Waals surface area contributed by atoms with Crippen LogP contribution in [0.3, 0.4) is 0 Å². The van der Waals surface area contributed by atoms with Crippen LogP contribution in [0.1, 0.15) is 0 Å². The molecule has 0 fully saturated rings. The standard InChI is InChI=1S/H5O4PSi/c1-5(2,3)4-6/h6H3,(H2,1,2,3). The van der Waals surface area contributed by atoms with Gasteiger partial charge in [-0.15, -0.1) is 0 Å². The van der Waals surface area contributed by atoms with E-state index < -0.39 is 7.82 Å². The third-order valence-corrected chi connectivity index (χ3v) is 2.14. The zero-order valence-electron chi connectivity index (χ0n) is 3.16. The molecule has 38 valence electrons. The van der Waals surface area contributed by atoms with Gasteiger partial charge in [0.2, 0.25) is 0 Å². The fourth-order valence-electron chi connectivity index (χ4n) is 0. The van der Waals surface area contributed by atoms with Gasteiger partial charge in [0.15, 0.2) is 10.5 Å². The molecule has 0 unspecified atom stereocenters. The molecular weight excluding hydrogens is 123 g/mol. The maximum absolute atomic E-state index is 9.51. The maximum Gasteiger partial charge on any atom is 0.458 e. The summed E-state index contributed by atoms with van der Waals surface area (Å²) in [6, 6.07) is 0. The van der Waals surface area contributed by atoms with Crippen LogP contribution in [0.4, 0.5) is 0 Å². The summed E-state index contributed by atoms with van der Waals surface area (Å²) in [6.07, 6.45) is 0. The molecule has 0 aromatic carbocycles. The Balaban J connectivity index is 3.48. The lowest BCUT2D eigenvalue weighted by atomic mass is 15.7. The topological polar surface area (TPSA) is 66.8 Å². The van der Waals surface area contributed by atoms with Gasteiger partial charge in [0.05, 0.1) is 0 Å². The Hall–Kier alpha value is 0.327. The van der Waals surface area contributed by atoms with Gasteiger partial charge >= 0.3 is 7.82 Å². The first-order valence-corrected chi connectivity index (χ1v) is 3.52. The van der Waals surface area contributed by atoms with E-state index in [0.29, 0.717) is 0 Å². The molecule has 4 nitrogen and oxygen atoms in total. The molecule has 0 heterocycles. The normalized spacial score (nSPS) is 12.3. The zero-order chi connectivity index (χ0) is 5.21. The van der Waals surface area contributed by atoms with Crippen molar-refractivity contribution < 1.29 is 18.6 Å². The van der Waals surface area contributed by atoms with Crippen LogP contribution in [0.25, 0.3) is 0 Å². The van der Waals surface area contributed by atoms with Gasteiger partial charge < -0.3 is 14.0 Å². The second-order valence-electron chi connectivity index (χ2n) is 0.673. The van der Waals surface area contributed by atoms with Crippen molar-refractivity contribution in [2.24, 2.45) is 0 Å². The van der Waals surface area contributed by atoms with Crippen LogP contribution in [0.2, 0.25) is 0 Å². The third-order valence-electron chi connectivity index (χ3n) is 0.238. The molecule has 0 aliphatic rings. The number of hydrogen-bond donors (Lipinski definition) is 2. The molecule has 0 radical (unpaired) electrons. The van der Waals surface area contributed by atoms with Gasteiger partial charge in [-0.3, -0.25) is 0 Å². The van der Waals surface area contributed by atoms with E-state index in [2.05, 4.69) is 4.21 Å². The average molecular weight is 128 g/mol. The van der Waals surface area contributed by atoms with Gasteiger partial charge in [-0.05, 0) is 0 Å². The molecule has 6 heteroatoms. The molecule has 0 atom stereocenters. The maximum atomic E-state index is 9.51. The first-order valence-electron chi connectivity index (χ1n) is 1.17. The molecule has 0 saturated heterocycles. The van der Waals surface area contributed by atoms with E-state index in [1.54, 1.807) is 0 Å². The van der Waals surface area contributed by atoms with Crippen molar-refractivity contribution in [3.63, 3.8) is 0 Å². The van der Waals surface area contributed by atoms with Gasteiger partial charge in [-0.25, -0.2) is 4.57 Å². The Morgan fingerprint density at radius 2 is 1.83 bits per heavy atom. The minimum Gasteiger partial charge on any atom is -0.342 e. The number of phosphoric acid groups is 1. The van der Waals surface area contributed by atoms with E-state index >= 15 is 0 Å². The van der Waals surface area contributed by atoms with Gasteiger partial charge in [-0.2, -0.15) is 0 Å². The molecule has 0 amide bonds. The van der Waals surface area contributed by atoms with Crippen LogP contribution in [0.5, 0.6) is 0 Å². The molecule has 0 aliphatic heterocycles. The molecule has 0 aromatic rings. The van der Waals surface area contributed by atoms with Crippen LogP contribution in [0.15, 0.2) is 0 Å². The molecule has 6 heavy (non-hydrogen) atoms. The van der Waals surface area contributed by atoms with E-state index in [1.165, 1.54) is 0 Å². The highest BCUT2D eigenvalue weighted by molar-refractivity contribution is 7.47. The zero-order valence-corrected chi connectivity index (χ0v) is 6.05. The summed E-state index contributed by atoms with van der Waals surface area (Å²) in [5.74, 6) is 0. The van der Waals surface area contributed by atoms with Gasteiger partial charge in [-0.1, -0.05) is 0 Å². The van der Waals surface area contributed by atoms with Crippen molar-refractivity contribution >= 4 is 18.3 Å². The summed E-state index contributed by atoms with van der Waals surface area (Å²) < 4.78 is 13.2. The van der Waals surface area contributed by atoms with E-state index in [0.717, 1.165) is 0 Å². The Kier molecular flexibility index (Phi) is 1.96. The van der Waals surface area contributed by atoms with Crippen LogP contribution < -0.4 is 0 Å². The van der Waals surface area contributed by atoms with Crippen molar-refractivity contribution in [2.45, 2.75) is 0 Å². The minimum atomic E-state index is -4.08. The Labute approximate surface area is 37.9 Å². The molecule has 0 saturated carbocycles. The monoisotopic (exact) mass is 128 g/mol. The molecule has 0 aliphatic carbocycles. The molecular formula is H5O4PSi. The number of rotatable bonds is 1. The quantitative estimate of drug-likeness (QED) is 0.329. The summed E-state index contributed by atoms with van der Waals surface area (Å²) in [6.45, 7) is 0. The summed E-state index contributed by atoms with van der Waals surface area (Å²) in [7, 11) is -4.00. The van der Waals surface area contributed by atoms with Crippen molar-refractivity contribution in [3.05, 3.63) is 0 Å². The van der Waals surface area contributed by atoms with Crippen molar-refractivity contribution in [1.29, 1.82) is 0 Å². The second-order valence-corrected chi connectivity index (χ2v) is 3.11. The van der Waals surface area contributed by atoms with Crippen molar-refractivity contribution in [3.8, 4) is 0 Å². The summed E-state index contributed by atoms with van der Waals surface area (Å²) >= 11 is 0. The average Bonchev–Trinajstić information content (AvgIpc) is 1.35. The van der Waals surface area contributed by atoms with Crippen LogP contribution in [-0.4, -0.2) is 20.3 Å². The lowest BCUT2D eigenvalue weighted by molar-refractivity contribution is 0.292. The molecule has 2 N–H and O–H groups in total. The van der Waals surface area contributed by atoms with E-state index in [-0.39, 0.29) is 10.5 Å². The molecule has 0 aromatic heterocycles. The molecule has 0 bridgehead atoms. The van der Waals surface area contributed by atoms with E-state index in [9.17, 15) is 4.57 Å². The SMILES string of the molecule is O=P(O)(O)O[SiH3]. The largest absolute Gasteiger partial charge is 0.458 e. The predicted molar refractivity (Wildman–Crippen MR) is 23.1 cm³/mol. The van der Waals surface area contributed by atoms with Crippen LogP contribution in [0, 0.1) is 0 Å². The second kappa shape index (κ2) is 1.86. The first kappa shape index (κ1) is 6.33. The highest BCUT2D eigenvalue weighted by Crippen LogP contribution is 2.33. The highest BCUT2D eigenvalue weighted by atomic mass is 31.2. The fourth-order valence-corrected chi connectivity index (χ4v) is 0. The summed E-state index contributed by atoms with van der Waals surface area (Å²) in [5, 5.41) is 0. The van der Waals surface area contributed by atoms with Crippen molar-refractivity contribution in [2.75, 3.05) is 0 Å². The minimum absolute atomic E-state index is 0.0849. The summed E-state index contributed by atoms with van der Waals surface area (Å²) in [4.78, 5) is 15.5. The van der Waals surface area contributed by atoms with Gasteiger partial charge in [0.25, 0.3) is 0 Å².